The molecule has 28 heavy (non-hydrogen) atoms. The van der Waals surface area contributed by atoms with Gasteiger partial charge >= 0.3 is 0 Å². The molecule has 1 saturated carbocycles. The molecule has 0 aromatic carbocycles. The molecule has 0 aromatic heterocycles. The van der Waals surface area contributed by atoms with Gasteiger partial charge in [-0.3, -0.25) is 0 Å². The number of thioether (sulfide) groups is 2. The fraction of sp³-hybridized carbons (Fsp3) is 0.905. The molecule has 3 rings (SSSR count). The van der Waals surface area contributed by atoms with Crippen molar-refractivity contribution in [1.29, 1.82) is 0 Å². The van der Waals surface area contributed by atoms with Crippen molar-refractivity contribution in [3.63, 3.8) is 0 Å². The molecule has 2 saturated heterocycles. The van der Waals surface area contributed by atoms with Crippen molar-refractivity contribution in [2.45, 2.75) is 93.3 Å². The highest BCUT2D eigenvalue weighted by atomic mass is 32.2. The quantitative estimate of drug-likeness (QED) is 0.413. The smallest absolute Gasteiger partial charge is 0.192 e. The Labute approximate surface area is 181 Å². The first-order valence-electron chi connectivity index (χ1n) is 10.4. The Kier molecular flexibility index (Phi) is 6.52. The Morgan fingerprint density at radius 1 is 1.14 bits per heavy atom. The third kappa shape index (κ3) is 4.41. The fourth-order valence-electron chi connectivity index (χ4n) is 4.17. The molecule has 0 unspecified atom stereocenters. The summed E-state index contributed by atoms with van der Waals surface area (Å²) < 4.78 is 26.0. The first-order chi connectivity index (χ1) is 12.8. The monoisotopic (exact) mass is 446 g/mol. The standard InChI is InChI=1S/C21H38O4S2Si/c1-9-10-22-16-13-20(15-23-19(5,6)25-20)14-17(21(16)26-11-12-27-21)24-28(7,8)18(2,3)4/h9,16-17H,1,10-15H2,2-8H3/t16-,17-,20-/m1/s1. The van der Waals surface area contributed by atoms with E-state index in [0.29, 0.717) is 13.2 Å². The van der Waals surface area contributed by atoms with E-state index in [2.05, 4.69) is 40.4 Å². The predicted octanol–water partition coefficient (Wildman–Crippen LogP) is 5.44. The molecule has 3 aliphatic rings. The summed E-state index contributed by atoms with van der Waals surface area (Å²) in [4.78, 5) is 0. The van der Waals surface area contributed by atoms with Gasteiger partial charge in [0.2, 0.25) is 0 Å². The molecule has 7 heteroatoms. The Balaban J connectivity index is 1.95. The van der Waals surface area contributed by atoms with Crippen LogP contribution in [0.4, 0.5) is 0 Å². The lowest BCUT2D eigenvalue weighted by molar-refractivity contribution is -0.186. The van der Waals surface area contributed by atoms with Crippen LogP contribution in [0.15, 0.2) is 12.7 Å². The highest BCUT2D eigenvalue weighted by Gasteiger charge is 2.63. The summed E-state index contributed by atoms with van der Waals surface area (Å²) in [6, 6.07) is 0. The fourth-order valence-corrected chi connectivity index (χ4v) is 9.12. The molecule has 2 aliphatic heterocycles. The third-order valence-electron chi connectivity index (χ3n) is 6.55. The van der Waals surface area contributed by atoms with Gasteiger partial charge in [-0.2, -0.15) is 0 Å². The van der Waals surface area contributed by atoms with Crippen LogP contribution in [0.1, 0.15) is 47.5 Å². The molecule has 2 spiro atoms. The molecular weight excluding hydrogens is 408 g/mol. The molecule has 0 N–H and O–H groups in total. The average Bonchev–Trinajstić information content (AvgIpc) is 3.14. The Morgan fingerprint density at radius 3 is 2.25 bits per heavy atom. The van der Waals surface area contributed by atoms with Crippen molar-refractivity contribution < 1.29 is 18.6 Å². The van der Waals surface area contributed by atoms with Gasteiger partial charge in [-0.15, -0.1) is 30.1 Å². The summed E-state index contributed by atoms with van der Waals surface area (Å²) in [5, 5.41) is 0.163. The summed E-state index contributed by atoms with van der Waals surface area (Å²) in [5.41, 5.74) is -0.336. The Morgan fingerprint density at radius 2 is 1.75 bits per heavy atom. The molecule has 3 fully saturated rings. The first-order valence-corrected chi connectivity index (χ1v) is 15.3. The van der Waals surface area contributed by atoms with E-state index >= 15 is 0 Å². The third-order valence-corrected chi connectivity index (χ3v) is 14.8. The normalized spacial score (nSPS) is 35.0. The Hall–Kier alpha value is 0.497. The van der Waals surface area contributed by atoms with Crippen LogP contribution >= 0.6 is 23.5 Å². The van der Waals surface area contributed by atoms with Gasteiger partial charge in [0.1, 0.15) is 9.68 Å². The second kappa shape index (κ2) is 7.88. The summed E-state index contributed by atoms with van der Waals surface area (Å²) in [5.74, 6) is 1.74. The van der Waals surface area contributed by atoms with Gasteiger partial charge in [0.05, 0.1) is 25.4 Å². The van der Waals surface area contributed by atoms with E-state index in [1.807, 2.05) is 43.4 Å². The Bertz CT molecular complexity index is 583. The van der Waals surface area contributed by atoms with Crippen molar-refractivity contribution in [3.8, 4) is 0 Å². The van der Waals surface area contributed by atoms with Gasteiger partial charge in [-0.25, -0.2) is 0 Å². The van der Waals surface area contributed by atoms with E-state index in [4.69, 9.17) is 18.6 Å². The van der Waals surface area contributed by atoms with Gasteiger partial charge in [-0.1, -0.05) is 26.8 Å². The van der Waals surface area contributed by atoms with Crippen LogP contribution in [-0.2, 0) is 18.6 Å². The maximum Gasteiger partial charge on any atom is 0.192 e. The molecule has 0 aromatic rings. The molecule has 4 nitrogen and oxygen atoms in total. The lowest BCUT2D eigenvalue weighted by Gasteiger charge is -2.54. The maximum absolute atomic E-state index is 7.10. The highest BCUT2D eigenvalue weighted by Crippen LogP contribution is 2.59. The first kappa shape index (κ1) is 23.2. The minimum absolute atomic E-state index is 0.0593. The maximum atomic E-state index is 7.10. The molecule has 162 valence electrons. The van der Waals surface area contributed by atoms with E-state index in [1.165, 1.54) is 0 Å². The van der Waals surface area contributed by atoms with Crippen molar-refractivity contribution in [3.05, 3.63) is 12.7 Å². The van der Waals surface area contributed by atoms with Crippen LogP contribution in [-0.4, -0.2) is 60.7 Å². The number of rotatable bonds is 5. The highest BCUT2D eigenvalue weighted by molar-refractivity contribution is 8.21. The van der Waals surface area contributed by atoms with Crippen LogP contribution in [0.5, 0.6) is 0 Å². The van der Waals surface area contributed by atoms with E-state index in [-0.39, 0.29) is 26.9 Å². The zero-order valence-electron chi connectivity index (χ0n) is 18.6. The summed E-state index contributed by atoms with van der Waals surface area (Å²) >= 11 is 4.06. The molecule has 0 bridgehead atoms. The van der Waals surface area contributed by atoms with E-state index < -0.39 is 14.1 Å². The van der Waals surface area contributed by atoms with Crippen molar-refractivity contribution in [1.82, 2.24) is 0 Å². The molecule has 2 heterocycles. The lowest BCUT2D eigenvalue weighted by Crippen LogP contribution is -2.62. The summed E-state index contributed by atoms with van der Waals surface area (Å²) in [6.07, 6.45) is 3.72. The van der Waals surface area contributed by atoms with Crippen molar-refractivity contribution in [2.75, 3.05) is 24.7 Å². The minimum Gasteiger partial charge on any atom is -0.411 e. The van der Waals surface area contributed by atoms with Crippen molar-refractivity contribution in [2.24, 2.45) is 0 Å². The molecule has 0 radical (unpaired) electrons. The largest absolute Gasteiger partial charge is 0.411 e. The van der Waals surface area contributed by atoms with E-state index in [0.717, 1.165) is 24.3 Å². The van der Waals surface area contributed by atoms with Gasteiger partial charge in [0.25, 0.3) is 0 Å². The van der Waals surface area contributed by atoms with Crippen LogP contribution in [0.25, 0.3) is 0 Å². The average molecular weight is 447 g/mol. The van der Waals surface area contributed by atoms with Gasteiger partial charge < -0.3 is 18.6 Å². The predicted molar refractivity (Wildman–Crippen MR) is 123 cm³/mol. The van der Waals surface area contributed by atoms with Gasteiger partial charge in [-0.05, 0) is 32.0 Å². The SMILES string of the molecule is C=CCO[C@@H]1C[C@]2(COC(C)(C)O2)C[C@@H](O[Si](C)(C)C(C)(C)C)C12SCCS2. The zero-order chi connectivity index (χ0) is 20.8. The molecule has 0 amide bonds. The van der Waals surface area contributed by atoms with Crippen LogP contribution < -0.4 is 0 Å². The van der Waals surface area contributed by atoms with E-state index in [1.54, 1.807) is 0 Å². The second-order valence-corrected chi connectivity index (χ2v) is 18.0. The summed E-state index contributed by atoms with van der Waals surface area (Å²) in [7, 11) is -1.95. The number of hydrogen-bond acceptors (Lipinski definition) is 6. The number of ether oxygens (including phenoxy) is 3. The topological polar surface area (TPSA) is 36.9 Å². The van der Waals surface area contributed by atoms with Gasteiger partial charge in [0, 0.05) is 24.3 Å². The molecular formula is C21H38O4S2Si. The second-order valence-electron chi connectivity index (χ2n) is 10.3. The van der Waals surface area contributed by atoms with E-state index in [9.17, 15) is 0 Å². The van der Waals surface area contributed by atoms with Crippen LogP contribution in [0, 0.1) is 0 Å². The lowest BCUT2D eigenvalue weighted by atomic mass is 9.81. The zero-order valence-corrected chi connectivity index (χ0v) is 21.3. The van der Waals surface area contributed by atoms with Crippen LogP contribution in [0.3, 0.4) is 0 Å². The minimum atomic E-state index is -1.95. The summed E-state index contributed by atoms with van der Waals surface area (Å²) in [6.45, 7) is 20.7. The van der Waals surface area contributed by atoms with Gasteiger partial charge in [0.15, 0.2) is 14.1 Å². The molecule has 1 aliphatic carbocycles. The molecule has 3 atom stereocenters. The number of hydrogen-bond donors (Lipinski definition) is 0. The van der Waals surface area contributed by atoms with Crippen LogP contribution in [0.2, 0.25) is 18.1 Å². The van der Waals surface area contributed by atoms with Crippen molar-refractivity contribution >= 4 is 31.8 Å².